The van der Waals surface area contributed by atoms with Gasteiger partial charge in [-0.1, -0.05) is 53.9 Å². The zero-order valence-corrected chi connectivity index (χ0v) is 14.9. The molecule has 0 unspecified atom stereocenters. The van der Waals surface area contributed by atoms with Gasteiger partial charge in [0.05, 0.1) is 18.2 Å². The van der Waals surface area contributed by atoms with E-state index in [-0.39, 0.29) is 6.03 Å². The SMILES string of the molecule is CCCCCOC(=O)C1=C(C)NC(=O)N[C@H]1c1ccccc1Br. The third kappa shape index (κ3) is 4.34. The summed E-state index contributed by atoms with van der Waals surface area (Å²) in [7, 11) is 0. The lowest BCUT2D eigenvalue weighted by molar-refractivity contribution is -0.139. The highest BCUT2D eigenvalue weighted by atomic mass is 79.9. The molecule has 2 amide bonds. The Balaban J connectivity index is 2.25. The Bertz CT molecular complexity index is 628. The van der Waals surface area contributed by atoms with E-state index in [9.17, 15) is 9.59 Å². The molecular formula is C17H21BrN2O3. The van der Waals surface area contributed by atoms with Gasteiger partial charge >= 0.3 is 12.0 Å². The van der Waals surface area contributed by atoms with Gasteiger partial charge in [0.1, 0.15) is 0 Å². The normalized spacial score (nSPS) is 17.5. The maximum absolute atomic E-state index is 12.5. The smallest absolute Gasteiger partial charge is 0.338 e. The van der Waals surface area contributed by atoms with Crippen LogP contribution in [0.2, 0.25) is 0 Å². The van der Waals surface area contributed by atoms with E-state index < -0.39 is 12.0 Å². The van der Waals surface area contributed by atoms with E-state index in [1.54, 1.807) is 6.92 Å². The second kappa shape index (κ2) is 8.15. The van der Waals surface area contributed by atoms with E-state index in [0.29, 0.717) is 17.9 Å². The summed E-state index contributed by atoms with van der Waals surface area (Å²) in [5.41, 5.74) is 1.78. The van der Waals surface area contributed by atoms with Crippen LogP contribution in [0.15, 0.2) is 40.0 Å². The Morgan fingerprint density at radius 2 is 2.04 bits per heavy atom. The van der Waals surface area contributed by atoms with Crippen LogP contribution in [-0.4, -0.2) is 18.6 Å². The van der Waals surface area contributed by atoms with Crippen LogP contribution >= 0.6 is 15.9 Å². The molecule has 1 heterocycles. The molecule has 0 radical (unpaired) electrons. The van der Waals surface area contributed by atoms with Crippen molar-refractivity contribution < 1.29 is 14.3 Å². The van der Waals surface area contributed by atoms with Crippen LogP contribution in [0, 0.1) is 0 Å². The summed E-state index contributed by atoms with van der Waals surface area (Å²) in [6, 6.07) is 6.65. The molecule has 2 rings (SSSR count). The maximum atomic E-state index is 12.5. The number of rotatable bonds is 6. The van der Waals surface area contributed by atoms with Gasteiger partial charge in [0.25, 0.3) is 0 Å². The van der Waals surface area contributed by atoms with Crippen LogP contribution in [0.4, 0.5) is 4.79 Å². The summed E-state index contributed by atoms with van der Waals surface area (Å²) in [6.07, 6.45) is 2.93. The number of amides is 2. The van der Waals surface area contributed by atoms with E-state index in [4.69, 9.17) is 4.74 Å². The monoisotopic (exact) mass is 380 g/mol. The van der Waals surface area contributed by atoms with Crippen molar-refractivity contribution in [1.29, 1.82) is 0 Å². The summed E-state index contributed by atoms with van der Waals surface area (Å²) >= 11 is 3.48. The third-order valence-electron chi connectivity index (χ3n) is 3.69. The third-order valence-corrected chi connectivity index (χ3v) is 4.41. The summed E-state index contributed by atoms with van der Waals surface area (Å²) in [5.74, 6) is -0.396. The number of unbranched alkanes of at least 4 members (excludes halogenated alkanes) is 2. The highest BCUT2D eigenvalue weighted by Gasteiger charge is 2.33. The second-order valence-corrected chi connectivity index (χ2v) is 6.29. The number of halogens is 1. The van der Waals surface area contributed by atoms with Gasteiger partial charge in [-0.05, 0) is 25.0 Å². The van der Waals surface area contributed by atoms with Gasteiger partial charge < -0.3 is 15.4 Å². The van der Waals surface area contributed by atoms with Crippen molar-refractivity contribution in [3.8, 4) is 0 Å². The molecule has 1 aliphatic rings. The van der Waals surface area contributed by atoms with Gasteiger partial charge in [-0.3, -0.25) is 0 Å². The fraction of sp³-hybridized carbons (Fsp3) is 0.412. The van der Waals surface area contributed by atoms with Crippen LogP contribution in [-0.2, 0) is 9.53 Å². The Labute approximate surface area is 144 Å². The lowest BCUT2D eigenvalue weighted by Gasteiger charge is -2.28. The maximum Gasteiger partial charge on any atom is 0.338 e. The van der Waals surface area contributed by atoms with Crippen molar-refractivity contribution in [3.63, 3.8) is 0 Å². The predicted octanol–water partition coefficient (Wildman–Crippen LogP) is 3.81. The van der Waals surface area contributed by atoms with E-state index in [1.165, 1.54) is 0 Å². The number of carbonyl (C=O) groups excluding carboxylic acids is 2. The molecule has 0 spiro atoms. The number of benzene rings is 1. The molecule has 1 aromatic carbocycles. The summed E-state index contributed by atoms with van der Waals surface area (Å²) in [5, 5.41) is 5.44. The van der Waals surface area contributed by atoms with E-state index >= 15 is 0 Å². The predicted molar refractivity (Wildman–Crippen MR) is 91.7 cm³/mol. The molecule has 0 aliphatic carbocycles. The molecule has 1 aliphatic heterocycles. The fourth-order valence-corrected chi connectivity index (χ4v) is 3.02. The Morgan fingerprint density at radius 1 is 1.30 bits per heavy atom. The molecule has 0 aromatic heterocycles. The fourth-order valence-electron chi connectivity index (χ4n) is 2.50. The summed E-state index contributed by atoms with van der Waals surface area (Å²) < 4.78 is 6.21. The van der Waals surface area contributed by atoms with Crippen LogP contribution in [0.1, 0.15) is 44.7 Å². The Morgan fingerprint density at radius 3 is 2.74 bits per heavy atom. The average molecular weight is 381 g/mol. The Kier molecular flexibility index (Phi) is 6.21. The summed E-state index contributed by atoms with van der Waals surface area (Å²) in [4.78, 5) is 24.3. The second-order valence-electron chi connectivity index (χ2n) is 5.43. The number of hydrogen-bond donors (Lipinski definition) is 2. The van der Waals surface area contributed by atoms with E-state index in [0.717, 1.165) is 29.3 Å². The first-order valence-electron chi connectivity index (χ1n) is 7.74. The van der Waals surface area contributed by atoms with Crippen molar-refractivity contribution in [2.75, 3.05) is 6.61 Å². The molecule has 1 aromatic rings. The minimum absolute atomic E-state index is 0.328. The first-order chi connectivity index (χ1) is 11.0. The van der Waals surface area contributed by atoms with Gasteiger partial charge in [-0.25, -0.2) is 9.59 Å². The van der Waals surface area contributed by atoms with E-state index in [2.05, 4.69) is 33.5 Å². The topological polar surface area (TPSA) is 67.4 Å². The van der Waals surface area contributed by atoms with Gasteiger partial charge in [0, 0.05) is 10.2 Å². The van der Waals surface area contributed by atoms with Crippen molar-refractivity contribution >= 4 is 27.9 Å². The van der Waals surface area contributed by atoms with E-state index in [1.807, 2.05) is 24.3 Å². The number of allylic oxidation sites excluding steroid dienone is 1. The number of hydrogen-bond acceptors (Lipinski definition) is 3. The number of ether oxygens (including phenoxy) is 1. The van der Waals surface area contributed by atoms with Crippen molar-refractivity contribution in [2.24, 2.45) is 0 Å². The highest BCUT2D eigenvalue weighted by Crippen LogP contribution is 2.32. The Hall–Kier alpha value is -1.82. The zero-order chi connectivity index (χ0) is 16.8. The van der Waals surface area contributed by atoms with Crippen molar-refractivity contribution in [2.45, 2.75) is 39.2 Å². The molecule has 2 N–H and O–H groups in total. The first kappa shape index (κ1) is 17.5. The van der Waals surface area contributed by atoms with Crippen LogP contribution in [0.3, 0.4) is 0 Å². The molecule has 23 heavy (non-hydrogen) atoms. The lowest BCUT2D eigenvalue weighted by atomic mass is 9.95. The molecule has 1 atom stereocenters. The minimum Gasteiger partial charge on any atom is -0.462 e. The molecule has 0 bridgehead atoms. The molecule has 6 heteroatoms. The largest absolute Gasteiger partial charge is 0.462 e. The van der Waals surface area contributed by atoms with Crippen molar-refractivity contribution in [1.82, 2.24) is 10.6 Å². The lowest BCUT2D eigenvalue weighted by Crippen LogP contribution is -2.45. The quantitative estimate of drug-likeness (QED) is 0.582. The minimum atomic E-state index is -0.530. The first-order valence-corrected chi connectivity index (χ1v) is 8.53. The molecule has 5 nitrogen and oxygen atoms in total. The number of esters is 1. The van der Waals surface area contributed by atoms with Gasteiger partial charge in [0.15, 0.2) is 0 Å². The van der Waals surface area contributed by atoms with Gasteiger partial charge in [-0.2, -0.15) is 0 Å². The molecule has 124 valence electrons. The number of carbonyl (C=O) groups is 2. The van der Waals surface area contributed by atoms with Crippen LogP contribution < -0.4 is 10.6 Å². The van der Waals surface area contributed by atoms with Gasteiger partial charge in [-0.15, -0.1) is 0 Å². The molecular weight excluding hydrogens is 360 g/mol. The molecule has 0 saturated heterocycles. The van der Waals surface area contributed by atoms with Crippen molar-refractivity contribution in [3.05, 3.63) is 45.6 Å². The number of urea groups is 1. The van der Waals surface area contributed by atoms with Crippen LogP contribution in [0.25, 0.3) is 0 Å². The summed E-state index contributed by atoms with van der Waals surface area (Å²) in [6.45, 7) is 4.20. The zero-order valence-electron chi connectivity index (χ0n) is 13.3. The van der Waals surface area contributed by atoms with Crippen LogP contribution in [0.5, 0.6) is 0 Å². The molecule has 0 saturated carbocycles. The number of nitrogens with one attached hydrogen (secondary N) is 2. The standard InChI is InChI=1S/C17H21BrN2O3/c1-3-4-7-10-23-16(21)14-11(2)19-17(22)20-15(14)12-8-5-6-9-13(12)18/h5-6,8-9,15H,3-4,7,10H2,1-2H3,(H2,19,20,22)/t15-/m0/s1. The van der Waals surface area contributed by atoms with Gasteiger partial charge in [0.2, 0.25) is 0 Å². The highest BCUT2D eigenvalue weighted by molar-refractivity contribution is 9.10. The average Bonchev–Trinajstić information content (AvgIpc) is 2.51. The molecule has 0 fully saturated rings.